The highest BCUT2D eigenvalue weighted by Crippen LogP contribution is 2.32. The average molecular weight is 546 g/mol. The van der Waals surface area contributed by atoms with Gasteiger partial charge in [0.25, 0.3) is 0 Å². The van der Waals surface area contributed by atoms with E-state index in [2.05, 4.69) is 120 Å². The summed E-state index contributed by atoms with van der Waals surface area (Å²) in [6, 6.07) is 37.8. The smallest absolute Gasteiger partial charge is 0.140 e. The number of unbranched alkanes of at least 4 members (excludes halogenated alkanes) is 1. The van der Waals surface area contributed by atoms with Crippen molar-refractivity contribution in [3.8, 4) is 28.4 Å². The van der Waals surface area contributed by atoms with Gasteiger partial charge in [0.05, 0.1) is 25.1 Å². The number of hydrogen-bond acceptors (Lipinski definition) is 4. The Labute approximate surface area is 243 Å². The van der Waals surface area contributed by atoms with E-state index in [0.717, 1.165) is 72.8 Å². The lowest BCUT2D eigenvalue weighted by molar-refractivity contribution is 0.240. The summed E-state index contributed by atoms with van der Waals surface area (Å²) in [4.78, 5) is 7.78. The number of ether oxygens (including phenoxy) is 1. The predicted molar refractivity (Wildman–Crippen MR) is 166 cm³/mol. The molecule has 0 fully saturated rings. The molecule has 5 nitrogen and oxygen atoms in total. The standard InChI is InChI=1S/C36H39N3O2/c1-3-4-22-39-33(35(30-16-10-6-11-17-30)37-36(39)31-18-12-7-13-19-31)26-38(24-28-14-8-5-9-15-28)25-29-20-21-34(41-2)32(23-29)27-40/h5-21,23,40H,3-4,22,24-27H2,1-2H3. The summed E-state index contributed by atoms with van der Waals surface area (Å²) >= 11 is 0. The van der Waals surface area contributed by atoms with E-state index in [1.807, 2.05) is 6.07 Å². The first-order valence-corrected chi connectivity index (χ1v) is 14.4. The van der Waals surface area contributed by atoms with E-state index in [-0.39, 0.29) is 6.61 Å². The highest BCUT2D eigenvalue weighted by atomic mass is 16.5. The minimum absolute atomic E-state index is 0.0575. The second kappa shape index (κ2) is 13.9. The van der Waals surface area contributed by atoms with Gasteiger partial charge in [0.2, 0.25) is 0 Å². The van der Waals surface area contributed by atoms with E-state index in [1.165, 1.54) is 11.3 Å². The molecule has 1 heterocycles. The zero-order valence-corrected chi connectivity index (χ0v) is 24.0. The number of aliphatic hydroxyl groups excluding tert-OH is 1. The molecule has 0 aliphatic heterocycles. The number of imidazole rings is 1. The van der Waals surface area contributed by atoms with Gasteiger partial charge in [0.15, 0.2) is 0 Å². The molecule has 5 aromatic rings. The van der Waals surface area contributed by atoms with E-state index in [1.54, 1.807) is 7.11 Å². The predicted octanol–water partition coefficient (Wildman–Crippen LogP) is 7.72. The van der Waals surface area contributed by atoms with Gasteiger partial charge in [0, 0.05) is 42.9 Å². The molecule has 41 heavy (non-hydrogen) atoms. The highest BCUT2D eigenvalue weighted by molar-refractivity contribution is 5.68. The molecule has 0 saturated carbocycles. The number of hydrogen-bond donors (Lipinski definition) is 1. The minimum atomic E-state index is -0.0575. The third kappa shape index (κ3) is 6.94. The van der Waals surface area contributed by atoms with Gasteiger partial charge in [-0.3, -0.25) is 4.90 Å². The summed E-state index contributed by atoms with van der Waals surface area (Å²) in [7, 11) is 1.64. The van der Waals surface area contributed by atoms with Gasteiger partial charge in [-0.05, 0) is 29.7 Å². The maximum absolute atomic E-state index is 9.97. The fourth-order valence-corrected chi connectivity index (χ4v) is 5.37. The second-order valence-electron chi connectivity index (χ2n) is 10.4. The number of nitrogens with zero attached hydrogens (tertiary/aromatic N) is 3. The normalized spacial score (nSPS) is 11.2. The van der Waals surface area contributed by atoms with Gasteiger partial charge in [-0.2, -0.15) is 0 Å². The number of methoxy groups -OCH3 is 1. The molecule has 0 bridgehead atoms. The maximum atomic E-state index is 9.97. The zero-order valence-electron chi connectivity index (χ0n) is 24.0. The Balaban J connectivity index is 1.60. The first-order chi connectivity index (χ1) is 20.2. The van der Waals surface area contributed by atoms with Crippen molar-refractivity contribution < 1.29 is 9.84 Å². The van der Waals surface area contributed by atoms with Crippen LogP contribution in [0.1, 0.15) is 42.1 Å². The van der Waals surface area contributed by atoms with Crippen molar-refractivity contribution in [2.75, 3.05) is 7.11 Å². The van der Waals surface area contributed by atoms with Gasteiger partial charge < -0.3 is 14.4 Å². The molecule has 0 unspecified atom stereocenters. The first-order valence-electron chi connectivity index (χ1n) is 14.4. The van der Waals surface area contributed by atoms with Gasteiger partial charge in [-0.15, -0.1) is 0 Å². The van der Waals surface area contributed by atoms with E-state index < -0.39 is 0 Å². The Morgan fingerprint density at radius 1 is 0.756 bits per heavy atom. The van der Waals surface area contributed by atoms with E-state index in [0.29, 0.717) is 5.75 Å². The zero-order chi connectivity index (χ0) is 28.4. The van der Waals surface area contributed by atoms with Gasteiger partial charge in [-0.25, -0.2) is 4.98 Å². The van der Waals surface area contributed by atoms with Crippen molar-refractivity contribution in [1.29, 1.82) is 0 Å². The monoisotopic (exact) mass is 545 g/mol. The van der Waals surface area contributed by atoms with Crippen molar-refractivity contribution >= 4 is 0 Å². The summed E-state index contributed by atoms with van der Waals surface area (Å²) in [5, 5.41) is 9.97. The molecular formula is C36H39N3O2. The third-order valence-electron chi connectivity index (χ3n) is 7.43. The molecule has 0 atom stereocenters. The lowest BCUT2D eigenvalue weighted by Crippen LogP contribution is -2.24. The van der Waals surface area contributed by atoms with Crippen LogP contribution in [-0.4, -0.2) is 26.7 Å². The lowest BCUT2D eigenvalue weighted by atomic mass is 10.1. The van der Waals surface area contributed by atoms with Crippen molar-refractivity contribution in [1.82, 2.24) is 14.5 Å². The highest BCUT2D eigenvalue weighted by Gasteiger charge is 2.22. The minimum Gasteiger partial charge on any atom is -0.496 e. The van der Waals surface area contributed by atoms with Crippen molar-refractivity contribution in [3.05, 3.63) is 132 Å². The topological polar surface area (TPSA) is 50.5 Å². The Bertz CT molecular complexity index is 1520. The Kier molecular flexibility index (Phi) is 9.63. The molecule has 5 heteroatoms. The molecular weight excluding hydrogens is 506 g/mol. The van der Waals surface area contributed by atoms with Crippen LogP contribution in [0.5, 0.6) is 5.75 Å². The first kappa shape index (κ1) is 28.3. The fourth-order valence-electron chi connectivity index (χ4n) is 5.37. The Hall–Kier alpha value is -4.19. The van der Waals surface area contributed by atoms with Gasteiger partial charge >= 0.3 is 0 Å². The van der Waals surface area contributed by atoms with Gasteiger partial charge in [0.1, 0.15) is 11.6 Å². The summed E-state index contributed by atoms with van der Waals surface area (Å²) in [5.41, 5.74) is 7.70. The SMILES string of the molecule is CCCCn1c(-c2ccccc2)nc(-c2ccccc2)c1CN(Cc1ccccc1)Cc1ccc(OC)c(CO)c1. The third-order valence-corrected chi connectivity index (χ3v) is 7.43. The molecule has 1 aromatic heterocycles. The van der Waals surface area contributed by atoms with Crippen LogP contribution >= 0.6 is 0 Å². The van der Waals surface area contributed by atoms with Crippen LogP contribution in [0.15, 0.2) is 109 Å². The van der Waals surface area contributed by atoms with Crippen LogP contribution in [0.3, 0.4) is 0 Å². The Morgan fingerprint density at radius 2 is 1.39 bits per heavy atom. The maximum Gasteiger partial charge on any atom is 0.140 e. The molecule has 4 aromatic carbocycles. The molecule has 0 aliphatic carbocycles. The van der Waals surface area contributed by atoms with E-state index >= 15 is 0 Å². The molecule has 210 valence electrons. The van der Waals surface area contributed by atoms with Crippen LogP contribution in [-0.2, 0) is 32.8 Å². The average Bonchev–Trinajstić information content (AvgIpc) is 3.38. The van der Waals surface area contributed by atoms with Crippen LogP contribution in [0, 0.1) is 0 Å². The quantitative estimate of drug-likeness (QED) is 0.165. The number of aromatic nitrogens is 2. The largest absolute Gasteiger partial charge is 0.496 e. The number of benzene rings is 4. The Morgan fingerprint density at radius 3 is 2.02 bits per heavy atom. The van der Waals surface area contributed by atoms with Crippen LogP contribution in [0.4, 0.5) is 0 Å². The summed E-state index contributed by atoms with van der Waals surface area (Å²) in [6.07, 6.45) is 2.19. The summed E-state index contributed by atoms with van der Waals surface area (Å²) < 4.78 is 7.90. The van der Waals surface area contributed by atoms with Crippen LogP contribution in [0.25, 0.3) is 22.6 Å². The van der Waals surface area contributed by atoms with E-state index in [9.17, 15) is 5.11 Å². The fraction of sp³-hybridized carbons (Fsp3) is 0.250. The second-order valence-corrected chi connectivity index (χ2v) is 10.4. The van der Waals surface area contributed by atoms with Crippen molar-refractivity contribution in [3.63, 3.8) is 0 Å². The van der Waals surface area contributed by atoms with Gasteiger partial charge in [-0.1, -0.05) is 110 Å². The van der Waals surface area contributed by atoms with E-state index in [4.69, 9.17) is 9.72 Å². The number of rotatable bonds is 13. The molecule has 0 spiro atoms. The van der Waals surface area contributed by atoms with Crippen molar-refractivity contribution in [2.24, 2.45) is 0 Å². The molecule has 1 N–H and O–H groups in total. The molecule has 0 aliphatic rings. The van der Waals surface area contributed by atoms with Crippen LogP contribution in [0.2, 0.25) is 0 Å². The number of aliphatic hydroxyl groups is 1. The molecule has 0 amide bonds. The molecule has 0 saturated heterocycles. The summed E-state index contributed by atoms with van der Waals surface area (Å²) in [6.45, 7) is 5.32. The molecule has 0 radical (unpaired) electrons. The molecule has 5 rings (SSSR count). The van der Waals surface area contributed by atoms with Crippen LogP contribution < -0.4 is 4.74 Å². The lowest BCUT2D eigenvalue weighted by Gasteiger charge is -2.25. The summed E-state index contributed by atoms with van der Waals surface area (Å²) in [5.74, 6) is 1.72. The van der Waals surface area contributed by atoms with Crippen molar-refractivity contribution in [2.45, 2.75) is 52.6 Å².